The molecule has 0 bridgehead atoms. The van der Waals surface area contributed by atoms with E-state index in [9.17, 15) is 8.42 Å². The fourth-order valence-corrected chi connectivity index (χ4v) is 2.77. The molecule has 0 spiro atoms. The van der Waals surface area contributed by atoms with Crippen molar-refractivity contribution < 1.29 is 13.2 Å². The maximum Gasteiger partial charge on any atom is 0.263 e. The number of nitrogens with zero attached hydrogens (tertiary/aromatic N) is 3. The Kier molecular flexibility index (Phi) is 4.81. The van der Waals surface area contributed by atoms with E-state index in [0.29, 0.717) is 6.61 Å². The standard InChI is InChI=1S/C14H18N4O3S/c1-4-21-14-10-15-9-13(16-14)17-22(19,20)12-7-5-6-11(8-12)18(2)3/h5-10H,4H2,1-3H3,(H,16,17). The zero-order valence-corrected chi connectivity index (χ0v) is 13.5. The molecule has 0 aliphatic rings. The molecule has 0 saturated heterocycles. The maximum absolute atomic E-state index is 12.4. The van der Waals surface area contributed by atoms with E-state index in [1.165, 1.54) is 18.5 Å². The molecule has 8 heteroatoms. The molecule has 1 aromatic carbocycles. The molecule has 22 heavy (non-hydrogen) atoms. The molecule has 0 aliphatic carbocycles. The second-order valence-electron chi connectivity index (χ2n) is 4.67. The summed E-state index contributed by atoms with van der Waals surface area (Å²) in [6, 6.07) is 6.62. The van der Waals surface area contributed by atoms with Gasteiger partial charge in [-0.15, -0.1) is 0 Å². The van der Waals surface area contributed by atoms with E-state index in [-0.39, 0.29) is 16.6 Å². The zero-order valence-electron chi connectivity index (χ0n) is 12.6. The van der Waals surface area contributed by atoms with Crippen LogP contribution in [-0.4, -0.2) is 39.1 Å². The second kappa shape index (κ2) is 6.61. The van der Waals surface area contributed by atoms with Gasteiger partial charge in [0, 0.05) is 19.8 Å². The topological polar surface area (TPSA) is 84.4 Å². The average Bonchev–Trinajstić information content (AvgIpc) is 2.47. The van der Waals surface area contributed by atoms with Crippen LogP contribution in [-0.2, 0) is 10.0 Å². The summed E-state index contributed by atoms with van der Waals surface area (Å²) in [6.45, 7) is 2.24. The van der Waals surface area contributed by atoms with Crippen LogP contribution in [0.15, 0.2) is 41.6 Å². The van der Waals surface area contributed by atoms with Gasteiger partial charge in [-0.05, 0) is 25.1 Å². The van der Waals surface area contributed by atoms with Gasteiger partial charge >= 0.3 is 0 Å². The van der Waals surface area contributed by atoms with Crippen LogP contribution in [0.1, 0.15) is 6.92 Å². The Hall–Kier alpha value is -2.35. The van der Waals surface area contributed by atoms with Gasteiger partial charge in [0.25, 0.3) is 10.0 Å². The van der Waals surface area contributed by atoms with E-state index in [4.69, 9.17) is 4.74 Å². The molecule has 7 nitrogen and oxygen atoms in total. The van der Waals surface area contributed by atoms with E-state index < -0.39 is 10.0 Å². The molecule has 1 N–H and O–H groups in total. The van der Waals surface area contributed by atoms with Crippen molar-refractivity contribution in [3.05, 3.63) is 36.7 Å². The molecule has 118 valence electrons. The maximum atomic E-state index is 12.4. The van der Waals surface area contributed by atoms with Crippen molar-refractivity contribution in [2.24, 2.45) is 0 Å². The Labute approximate surface area is 130 Å². The van der Waals surface area contributed by atoms with Crippen LogP contribution in [0.25, 0.3) is 0 Å². The van der Waals surface area contributed by atoms with Crippen LogP contribution in [0.4, 0.5) is 11.5 Å². The van der Waals surface area contributed by atoms with Crippen molar-refractivity contribution in [3.63, 3.8) is 0 Å². The lowest BCUT2D eigenvalue weighted by molar-refractivity contribution is 0.326. The number of nitrogens with one attached hydrogen (secondary N) is 1. The fraction of sp³-hybridized carbons (Fsp3) is 0.286. The minimum atomic E-state index is -3.74. The zero-order chi connectivity index (χ0) is 16.2. The molecular formula is C14H18N4O3S. The summed E-state index contributed by atoms with van der Waals surface area (Å²) < 4.78 is 32.4. The largest absolute Gasteiger partial charge is 0.477 e. The molecule has 0 radical (unpaired) electrons. The predicted molar refractivity (Wildman–Crippen MR) is 84.8 cm³/mol. The van der Waals surface area contributed by atoms with Gasteiger partial charge in [0.05, 0.1) is 23.9 Å². The van der Waals surface area contributed by atoms with E-state index in [1.807, 2.05) is 32.0 Å². The summed E-state index contributed by atoms with van der Waals surface area (Å²) in [5.74, 6) is 0.381. The third-order valence-electron chi connectivity index (χ3n) is 2.79. The highest BCUT2D eigenvalue weighted by atomic mass is 32.2. The van der Waals surface area contributed by atoms with Gasteiger partial charge < -0.3 is 9.64 Å². The van der Waals surface area contributed by atoms with Crippen molar-refractivity contribution in [2.45, 2.75) is 11.8 Å². The first-order valence-electron chi connectivity index (χ1n) is 6.67. The molecule has 2 aromatic rings. The SMILES string of the molecule is CCOc1cncc(NS(=O)(=O)c2cccc(N(C)C)c2)n1. The summed E-state index contributed by atoms with van der Waals surface area (Å²) in [5.41, 5.74) is 0.789. The summed E-state index contributed by atoms with van der Waals surface area (Å²) in [7, 11) is -0.0489. The van der Waals surface area contributed by atoms with Crippen molar-refractivity contribution in [1.29, 1.82) is 0 Å². The van der Waals surface area contributed by atoms with Crippen LogP contribution >= 0.6 is 0 Å². The molecule has 2 rings (SSSR count). The normalized spacial score (nSPS) is 11.0. The predicted octanol–water partition coefficient (Wildman–Crippen LogP) is 1.74. The number of rotatable bonds is 6. The Morgan fingerprint density at radius 3 is 2.73 bits per heavy atom. The number of sulfonamides is 1. The van der Waals surface area contributed by atoms with E-state index in [1.54, 1.807) is 12.1 Å². The Bertz CT molecular complexity index is 747. The van der Waals surface area contributed by atoms with Crippen LogP contribution < -0.4 is 14.4 Å². The Morgan fingerprint density at radius 2 is 2.05 bits per heavy atom. The van der Waals surface area contributed by atoms with E-state index in [0.717, 1.165) is 5.69 Å². The summed E-state index contributed by atoms with van der Waals surface area (Å²) >= 11 is 0. The first-order chi connectivity index (χ1) is 10.4. The molecule has 0 fully saturated rings. The lowest BCUT2D eigenvalue weighted by Crippen LogP contribution is -2.16. The third kappa shape index (κ3) is 3.85. The molecule has 0 amide bonds. The van der Waals surface area contributed by atoms with Gasteiger partial charge in [-0.1, -0.05) is 6.07 Å². The number of benzene rings is 1. The first kappa shape index (κ1) is 16.0. The monoisotopic (exact) mass is 322 g/mol. The quantitative estimate of drug-likeness (QED) is 0.872. The lowest BCUT2D eigenvalue weighted by atomic mass is 10.3. The van der Waals surface area contributed by atoms with Gasteiger partial charge in [0.1, 0.15) is 0 Å². The summed E-state index contributed by atoms with van der Waals surface area (Å²) in [5, 5.41) is 0. The first-order valence-corrected chi connectivity index (χ1v) is 8.16. The molecule has 0 atom stereocenters. The number of hydrogen-bond acceptors (Lipinski definition) is 6. The fourth-order valence-electron chi connectivity index (χ4n) is 1.74. The van der Waals surface area contributed by atoms with Gasteiger partial charge in [0.2, 0.25) is 5.88 Å². The van der Waals surface area contributed by atoms with Crippen molar-refractivity contribution in [3.8, 4) is 5.88 Å². The number of hydrogen-bond donors (Lipinski definition) is 1. The van der Waals surface area contributed by atoms with Gasteiger partial charge in [-0.2, -0.15) is 4.98 Å². The van der Waals surface area contributed by atoms with Gasteiger partial charge in [-0.25, -0.2) is 8.42 Å². The summed E-state index contributed by atoms with van der Waals surface area (Å²) in [6.07, 6.45) is 2.75. The Balaban J connectivity index is 2.27. The second-order valence-corrected chi connectivity index (χ2v) is 6.36. The highest BCUT2D eigenvalue weighted by Crippen LogP contribution is 2.20. The summed E-state index contributed by atoms with van der Waals surface area (Å²) in [4.78, 5) is 9.93. The Morgan fingerprint density at radius 1 is 1.27 bits per heavy atom. The van der Waals surface area contributed by atoms with Crippen LogP contribution in [0.5, 0.6) is 5.88 Å². The highest BCUT2D eigenvalue weighted by Gasteiger charge is 2.16. The third-order valence-corrected chi connectivity index (χ3v) is 4.14. The highest BCUT2D eigenvalue weighted by molar-refractivity contribution is 7.92. The molecule has 0 unspecified atom stereocenters. The number of anilines is 2. The molecular weight excluding hydrogens is 304 g/mol. The molecule has 1 aromatic heterocycles. The average molecular weight is 322 g/mol. The van der Waals surface area contributed by atoms with Crippen molar-refractivity contribution in [2.75, 3.05) is 30.3 Å². The number of ether oxygens (including phenoxy) is 1. The van der Waals surface area contributed by atoms with Gasteiger partial charge in [0.15, 0.2) is 5.82 Å². The molecule has 1 heterocycles. The molecule has 0 aliphatic heterocycles. The smallest absolute Gasteiger partial charge is 0.263 e. The van der Waals surface area contributed by atoms with Crippen molar-refractivity contribution >= 4 is 21.5 Å². The minimum absolute atomic E-state index is 0.112. The van der Waals surface area contributed by atoms with Crippen molar-refractivity contribution in [1.82, 2.24) is 9.97 Å². The van der Waals surface area contributed by atoms with Crippen LogP contribution in [0.3, 0.4) is 0 Å². The van der Waals surface area contributed by atoms with E-state index >= 15 is 0 Å². The van der Waals surface area contributed by atoms with Crippen LogP contribution in [0, 0.1) is 0 Å². The minimum Gasteiger partial charge on any atom is -0.477 e. The lowest BCUT2D eigenvalue weighted by Gasteiger charge is -2.14. The van der Waals surface area contributed by atoms with Gasteiger partial charge in [-0.3, -0.25) is 9.71 Å². The van der Waals surface area contributed by atoms with E-state index in [2.05, 4.69) is 14.7 Å². The van der Waals surface area contributed by atoms with Crippen LogP contribution in [0.2, 0.25) is 0 Å². The number of aromatic nitrogens is 2. The molecule has 0 saturated carbocycles.